The number of benzene rings is 1. The van der Waals surface area contributed by atoms with Gasteiger partial charge in [0.25, 0.3) is 0 Å². The van der Waals surface area contributed by atoms with Crippen molar-refractivity contribution in [3.63, 3.8) is 0 Å². The number of hydrogen-bond acceptors (Lipinski definition) is 2. The molecular formula is C14H23FN2. The van der Waals surface area contributed by atoms with Crippen molar-refractivity contribution < 1.29 is 4.39 Å². The summed E-state index contributed by atoms with van der Waals surface area (Å²) in [5.41, 5.74) is 7.10. The highest BCUT2D eigenvalue weighted by Crippen LogP contribution is 2.16. The first-order valence-electron chi connectivity index (χ1n) is 6.30. The maximum atomic E-state index is 12.8. The van der Waals surface area contributed by atoms with Crippen LogP contribution in [0.1, 0.15) is 27.2 Å². The molecule has 0 aliphatic carbocycles. The lowest BCUT2D eigenvalue weighted by Gasteiger charge is -2.25. The highest BCUT2D eigenvalue weighted by molar-refractivity contribution is 5.45. The summed E-state index contributed by atoms with van der Waals surface area (Å²) in [4.78, 5) is 2.22. The monoisotopic (exact) mass is 238 g/mol. The first-order valence-corrected chi connectivity index (χ1v) is 6.30. The fourth-order valence-electron chi connectivity index (χ4n) is 1.76. The summed E-state index contributed by atoms with van der Waals surface area (Å²) in [5.74, 6) is 0.311. The summed E-state index contributed by atoms with van der Waals surface area (Å²) in [6.07, 6.45) is 0.961. The first kappa shape index (κ1) is 14.0. The van der Waals surface area contributed by atoms with Crippen LogP contribution in [0.15, 0.2) is 24.3 Å². The first-order chi connectivity index (χ1) is 8.04. The van der Waals surface area contributed by atoms with Crippen molar-refractivity contribution >= 4 is 5.69 Å². The van der Waals surface area contributed by atoms with Crippen LogP contribution in [0.4, 0.5) is 10.1 Å². The highest BCUT2D eigenvalue weighted by Gasteiger charge is 2.10. The predicted octanol–water partition coefficient (Wildman–Crippen LogP) is 3.03. The van der Waals surface area contributed by atoms with Crippen LogP contribution in [0.25, 0.3) is 0 Å². The van der Waals surface area contributed by atoms with E-state index in [1.807, 2.05) is 12.1 Å². The summed E-state index contributed by atoms with van der Waals surface area (Å²) < 4.78 is 12.8. The molecule has 1 aromatic carbocycles. The second-order valence-corrected chi connectivity index (χ2v) is 4.75. The molecule has 0 spiro atoms. The summed E-state index contributed by atoms with van der Waals surface area (Å²) in [7, 11) is 0. The molecule has 0 aliphatic heterocycles. The Balaban J connectivity index is 2.57. The fraction of sp³-hybridized carbons (Fsp3) is 0.571. The molecule has 0 saturated carbocycles. The van der Waals surface area contributed by atoms with Crippen LogP contribution in [-0.4, -0.2) is 19.1 Å². The van der Waals surface area contributed by atoms with Gasteiger partial charge in [0, 0.05) is 24.8 Å². The Kier molecular flexibility index (Phi) is 5.42. The Morgan fingerprint density at radius 3 is 2.29 bits per heavy atom. The lowest BCUT2D eigenvalue weighted by Crippen LogP contribution is -2.33. The zero-order valence-corrected chi connectivity index (χ0v) is 11.0. The average Bonchev–Trinajstić information content (AvgIpc) is 2.31. The van der Waals surface area contributed by atoms with Gasteiger partial charge in [-0.15, -0.1) is 0 Å². The summed E-state index contributed by atoms with van der Waals surface area (Å²) in [6.45, 7) is 8.21. The zero-order chi connectivity index (χ0) is 12.8. The number of nitrogens with two attached hydrogens (primary N) is 1. The van der Waals surface area contributed by atoms with E-state index in [4.69, 9.17) is 5.73 Å². The van der Waals surface area contributed by atoms with Crippen molar-refractivity contribution in [2.45, 2.75) is 33.2 Å². The molecule has 0 aliphatic rings. The van der Waals surface area contributed by atoms with Gasteiger partial charge in [0.1, 0.15) is 5.82 Å². The Morgan fingerprint density at radius 2 is 1.82 bits per heavy atom. The summed E-state index contributed by atoms with van der Waals surface area (Å²) >= 11 is 0. The Labute approximate surface area is 104 Å². The van der Waals surface area contributed by atoms with Crippen molar-refractivity contribution in [2.24, 2.45) is 11.7 Å². The van der Waals surface area contributed by atoms with Gasteiger partial charge in [-0.2, -0.15) is 0 Å². The third kappa shape index (κ3) is 4.35. The topological polar surface area (TPSA) is 29.3 Å². The molecule has 0 fully saturated rings. The van der Waals surface area contributed by atoms with E-state index >= 15 is 0 Å². The molecule has 0 heterocycles. The molecule has 17 heavy (non-hydrogen) atoms. The van der Waals surface area contributed by atoms with Crippen LogP contribution < -0.4 is 10.6 Å². The number of anilines is 1. The second-order valence-electron chi connectivity index (χ2n) is 4.75. The third-order valence-corrected chi connectivity index (χ3v) is 3.16. The third-order valence-electron chi connectivity index (χ3n) is 3.16. The SMILES string of the molecule is CCN(CCC(N)C(C)C)c1ccc(F)cc1. The molecule has 0 aromatic heterocycles. The smallest absolute Gasteiger partial charge is 0.123 e. The van der Waals surface area contributed by atoms with Gasteiger partial charge in [0.2, 0.25) is 0 Å². The molecule has 2 N–H and O–H groups in total. The molecule has 0 bridgehead atoms. The molecular weight excluding hydrogens is 215 g/mol. The largest absolute Gasteiger partial charge is 0.372 e. The molecule has 0 saturated heterocycles. The number of hydrogen-bond donors (Lipinski definition) is 1. The maximum absolute atomic E-state index is 12.8. The van der Waals surface area contributed by atoms with Crippen LogP contribution in [-0.2, 0) is 0 Å². The van der Waals surface area contributed by atoms with Gasteiger partial charge in [-0.25, -0.2) is 4.39 Å². The van der Waals surface area contributed by atoms with Gasteiger partial charge in [-0.1, -0.05) is 13.8 Å². The second kappa shape index (κ2) is 6.60. The standard InChI is InChI=1S/C14H23FN2/c1-4-17(10-9-14(16)11(2)3)13-7-5-12(15)6-8-13/h5-8,11,14H,4,9-10,16H2,1-3H3. The van der Waals surface area contributed by atoms with Crippen molar-refractivity contribution in [2.75, 3.05) is 18.0 Å². The van der Waals surface area contributed by atoms with E-state index in [1.165, 1.54) is 12.1 Å². The van der Waals surface area contributed by atoms with Crippen molar-refractivity contribution in [3.8, 4) is 0 Å². The van der Waals surface area contributed by atoms with Crippen molar-refractivity contribution in [1.29, 1.82) is 0 Å². The van der Waals surface area contributed by atoms with E-state index in [0.29, 0.717) is 5.92 Å². The van der Waals surface area contributed by atoms with Gasteiger partial charge in [0.15, 0.2) is 0 Å². The highest BCUT2D eigenvalue weighted by atomic mass is 19.1. The fourth-order valence-corrected chi connectivity index (χ4v) is 1.76. The van der Waals surface area contributed by atoms with Crippen molar-refractivity contribution in [1.82, 2.24) is 0 Å². The van der Waals surface area contributed by atoms with E-state index in [1.54, 1.807) is 0 Å². The van der Waals surface area contributed by atoms with E-state index < -0.39 is 0 Å². The lowest BCUT2D eigenvalue weighted by atomic mass is 10.0. The molecule has 1 aromatic rings. The molecule has 0 radical (unpaired) electrons. The van der Waals surface area contributed by atoms with E-state index in [2.05, 4.69) is 25.7 Å². The average molecular weight is 238 g/mol. The van der Waals surface area contributed by atoms with Gasteiger partial charge in [-0.3, -0.25) is 0 Å². The summed E-state index contributed by atoms with van der Waals surface area (Å²) in [5, 5.41) is 0. The minimum absolute atomic E-state index is 0.191. The van der Waals surface area contributed by atoms with Crippen LogP contribution >= 0.6 is 0 Å². The normalized spacial score (nSPS) is 12.8. The minimum atomic E-state index is -0.191. The Bertz CT molecular complexity index is 321. The number of nitrogens with zero attached hydrogens (tertiary/aromatic N) is 1. The number of halogens is 1. The van der Waals surface area contributed by atoms with Crippen LogP contribution in [0.2, 0.25) is 0 Å². The van der Waals surface area contributed by atoms with Gasteiger partial charge >= 0.3 is 0 Å². The van der Waals surface area contributed by atoms with Gasteiger partial charge in [-0.05, 0) is 43.5 Å². The van der Waals surface area contributed by atoms with Crippen molar-refractivity contribution in [3.05, 3.63) is 30.1 Å². The minimum Gasteiger partial charge on any atom is -0.372 e. The molecule has 1 unspecified atom stereocenters. The maximum Gasteiger partial charge on any atom is 0.123 e. The van der Waals surface area contributed by atoms with Crippen LogP contribution in [0.5, 0.6) is 0 Å². The number of rotatable bonds is 6. The lowest BCUT2D eigenvalue weighted by molar-refractivity contribution is 0.463. The quantitative estimate of drug-likeness (QED) is 0.825. The van der Waals surface area contributed by atoms with E-state index in [0.717, 1.165) is 25.2 Å². The van der Waals surface area contributed by atoms with E-state index in [-0.39, 0.29) is 11.9 Å². The molecule has 0 amide bonds. The van der Waals surface area contributed by atoms with E-state index in [9.17, 15) is 4.39 Å². The zero-order valence-electron chi connectivity index (χ0n) is 11.0. The Morgan fingerprint density at radius 1 is 1.24 bits per heavy atom. The predicted molar refractivity (Wildman–Crippen MR) is 71.7 cm³/mol. The molecule has 1 atom stereocenters. The molecule has 96 valence electrons. The Hall–Kier alpha value is -1.09. The van der Waals surface area contributed by atoms with Crippen LogP contribution in [0, 0.1) is 11.7 Å². The molecule has 3 heteroatoms. The summed E-state index contributed by atoms with van der Waals surface area (Å²) in [6, 6.07) is 6.87. The molecule has 2 nitrogen and oxygen atoms in total. The van der Waals surface area contributed by atoms with Crippen LogP contribution in [0.3, 0.4) is 0 Å². The van der Waals surface area contributed by atoms with Gasteiger partial charge < -0.3 is 10.6 Å². The molecule has 1 rings (SSSR count). The van der Waals surface area contributed by atoms with Gasteiger partial charge in [0.05, 0.1) is 0 Å².